The summed E-state index contributed by atoms with van der Waals surface area (Å²) in [6.45, 7) is -0.294. The van der Waals surface area contributed by atoms with Gasteiger partial charge in [-0.3, -0.25) is 4.79 Å². The molecule has 0 unspecified atom stereocenters. The average molecular weight is 491 g/mol. The van der Waals surface area contributed by atoms with Gasteiger partial charge in [0, 0.05) is 31.7 Å². The zero-order valence-electron chi connectivity index (χ0n) is 16.1. The molecule has 1 aliphatic rings. The van der Waals surface area contributed by atoms with E-state index >= 15 is 0 Å². The van der Waals surface area contributed by atoms with Gasteiger partial charge in [0.2, 0.25) is 5.82 Å². The number of piperazine rings is 1. The topological polar surface area (TPSA) is 36.7 Å². The van der Waals surface area contributed by atoms with Crippen LogP contribution in [0.3, 0.4) is 0 Å². The van der Waals surface area contributed by atoms with Crippen LogP contribution in [0.2, 0.25) is 10.0 Å². The maximum Gasteiger partial charge on any atom is 0.289 e. The highest BCUT2D eigenvalue weighted by Crippen LogP contribution is 2.32. The Balaban J connectivity index is 1.48. The summed E-state index contributed by atoms with van der Waals surface area (Å²) in [7, 11) is 0. The lowest BCUT2D eigenvalue weighted by Gasteiger charge is -2.36. The van der Waals surface area contributed by atoms with Crippen molar-refractivity contribution in [3.05, 3.63) is 75.2 Å². The maximum absolute atomic E-state index is 14.0. The third kappa shape index (κ3) is 3.91. The molecule has 168 valence electrons. The summed E-state index contributed by atoms with van der Waals surface area (Å²) in [6.07, 6.45) is 0. The average Bonchev–Trinajstić information content (AvgIpc) is 3.28. The number of carbonyl (C=O) groups is 1. The molecule has 11 heteroatoms. The second-order valence-electron chi connectivity index (χ2n) is 6.99. The quantitative estimate of drug-likeness (QED) is 0.260. The third-order valence-electron chi connectivity index (χ3n) is 5.09. The molecule has 0 spiro atoms. The van der Waals surface area contributed by atoms with Crippen molar-refractivity contribution in [1.82, 2.24) is 4.90 Å². The number of hydrogen-bond donors (Lipinski definition) is 0. The number of benzene rings is 2. The van der Waals surface area contributed by atoms with Crippen molar-refractivity contribution in [3.63, 3.8) is 0 Å². The lowest BCUT2D eigenvalue weighted by molar-refractivity contribution is 0.0715. The molecule has 0 atom stereocenters. The van der Waals surface area contributed by atoms with E-state index in [0.717, 1.165) is 4.90 Å². The minimum atomic E-state index is -2.21. The first-order valence-electron chi connectivity index (χ1n) is 9.30. The molecule has 0 saturated carbocycles. The van der Waals surface area contributed by atoms with Crippen molar-refractivity contribution >= 4 is 34.8 Å². The predicted molar refractivity (Wildman–Crippen MR) is 109 cm³/mol. The van der Waals surface area contributed by atoms with E-state index in [2.05, 4.69) is 0 Å². The molecule has 2 aromatic carbocycles. The summed E-state index contributed by atoms with van der Waals surface area (Å²) < 4.78 is 74.0. The van der Waals surface area contributed by atoms with Gasteiger partial charge in [-0.1, -0.05) is 23.2 Å². The van der Waals surface area contributed by atoms with Gasteiger partial charge in [0.1, 0.15) is 11.4 Å². The molecule has 0 aliphatic carbocycles. The van der Waals surface area contributed by atoms with Gasteiger partial charge >= 0.3 is 0 Å². The second-order valence-corrected chi connectivity index (χ2v) is 7.80. The minimum Gasteiger partial charge on any atom is -0.451 e. The molecular formula is C21H13Cl2F5N2O2. The van der Waals surface area contributed by atoms with Gasteiger partial charge in [-0.2, -0.15) is 0 Å². The number of anilines is 1. The molecule has 4 nitrogen and oxygen atoms in total. The van der Waals surface area contributed by atoms with Crippen LogP contribution in [0.5, 0.6) is 0 Å². The smallest absolute Gasteiger partial charge is 0.289 e. The molecule has 4 rings (SSSR count). The SMILES string of the molecule is O=C(c1ccc(-c2ccc(Cl)c(Cl)c2)o1)N1CCN(c2c(F)c(F)c(F)c(F)c2F)CC1. The number of furan rings is 1. The summed E-state index contributed by atoms with van der Waals surface area (Å²) in [5, 5.41) is 0.683. The van der Waals surface area contributed by atoms with Crippen LogP contribution in [-0.2, 0) is 0 Å². The van der Waals surface area contributed by atoms with Crippen LogP contribution in [0.15, 0.2) is 34.7 Å². The highest BCUT2D eigenvalue weighted by molar-refractivity contribution is 6.42. The standard InChI is InChI=1S/C21H13Cl2F5N2O2/c22-11-2-1-10(9-12(11)23)13-3-4-14(32-13)21(31)30-7-5-29(6-8-30)20-18(27)16(25)15(24)17(26)19(20)28/h1-4,9H,5-8H2. The van der Waals surface area contributed by atoms with E-state index in [0.29, 0.717) is 21.4 Å². The molecule has 1 aliphatic heterocycles. The van der Waals surface area contributed by atoms with E-state index in [4.69, 9.17) is 27.6 Å². The molecule has 0 bridgehead atoms. The van der Waals surface area contributed by atoms with Crippen LogP contribution in [0.4, 0.5) is 27.6 Å². The van der Waals surface area contributed by atoms with Gasteiger partial charge in [-0.25, -0.2) is 22.0 Å². The number of rotatable bonds is 3. The molecule has 2 heterocycles. The zero-order valence-corrected chi connectivity index (χ0v) is 17.6. The summed E-state index contributed by atoms with van der Waals surface area (Å²) in [5.74, 6) is -10.1. The van der Waals surface area contributed by atoms with E-state index in [-0.39, 0.29) is 31.9 Å². The lowest BCUT2D eigenvalue weighted by atomic mass is 10.2. The van der Waals surface area contributed by atoms with Crippen LogP contribution >= 0.6 is 23.2 Å². The Bertz CT molecular complexity index is 1180. The summed E-state index contributed by atoms with van der Waals surface area (Å²) in [4.78, 5) is 15.1. The van der Waals surface area contributed by atoms with Crippen molar-refractivity contribution in [3.8, 4) is 11.3 Å². The molecule has 0 radical (unpaired) electrons. The molecule has 1 aromatic heterocycles. The number of amides is 1. The van der Waals surface area contributed by atoms with Crippen molar-refractivity contribution in [1.29, 1.82) is 0 Å². The highest BCUT2D eigenvalue weighted by atomic mass is 35.5. The maximum atomic E-state index is 14.0. The summed E-state index contributed by atoms with van der Waals surface area (Å²) >= 11 is 11.9. The normalized spacial score (nSPS) is 14.2. The molecular weight excluding hydrogens is 478 g/mol. The van der Waals surface area contributed by atoms with Gasteiger partial charge in [0.25, 0.3) is 5.91 Å². The predicted octanol–water partition coefficient (Wildman–Crippen LogP) is 5.91. The van der Waals surface area contributed by atoms with Crippen molar-refractivity contribution in [2.45, 2.75) is 0 Å². The molecule has 1 fully saturated rings. The number of halogens is 7. The van der Waals surface area contributed by atoms with Gasteiger partial charge in [-0.05, 0) is 30.3 Å². The Hall–Kier alpha value is -2.78. The first-order chi connectivity index (χ1) is 15.2. The van der Waals surface area contributed by atoms with Gasteiger partial charge in [0.15, 0.2) is 29.0 Å². The Morgan fingerprint density at radius 2 is 1.38 bits per heavy atom. The van der Waals surface area contributed by atoms with Crippen LogP contribution in [-0.4, -0.2) is 37.0 Å². The van der Waals surface area contributed by atoms with Gasteiger partial charge in [0.05, 0.1) is 10.0 Å². The monoisotopic (exact) mass is 490 g/mol. The van der Waals surface area contributed by atoms with Crippen molar-refractivity contribution < 1.29 is 31.2 Å². The zero-order chi connectivity index (χ0) is 23.2. The van der Waals surface area contributed by atoms with Crippen LogP contribution in [0.25, 0.3) is 11.3 Å². The molecule has 1 saturated heterocycles. The van der Waals surface area contributed by atoms with E-state index in [1.54, 1.807) is 24.3 Å². The fourth-order valence-electron chi connectivity index (χ4n) is 3.42. The summed E-state index contributed by atoms with van der Waals surface area (Å²) in [6, 6.07) is 7.89. The third-order valence-corrected chi connectivity index (χ3v) is 5.83. The first-order valence-corrected chi connectivity index (χ1v) is 10.1. The van der Waals surface area contributed by atoms with Crippen LogP contribution < -0.4 is 4.90 Å². The Kier molecular flexibility index (Phi) is 6.05. The van der Waals surface area contributed by atoms with Crippen molar-refractivity contribution in [2.24, 2.45) is 0 Å². The second kappa shape index (κ2) is 8.63. The number of carbonyl (C=O) groups excluding carboxylic acids is 1. The fourth-order valence-corrected chi connectivity index (χ4v) is 3.72. The Morgan fingerprint density at radius 3 is 1.97 bits per heavy atom. The first kappa shape index (κ1) is 22.4. The van der Waals surface area contributed by atoms with Gasteiger partial charge < -0.3 is 14.2 Å². The number of hydrogen-bond acceptors (Lipinski definition) is 3. The fraction of sp³-hybridized carbons (Fsp3) is 0.190. The Labute approximate surface area is 188 Å². The van der Waals surface area contributed by atoms with E-state index < -0.39 is 40.7 Å². The highest BCUT2D eigenvalue weighted by Gasteiger charge is 2.32. The van der Waals surface area contributed by atoms with Crippen molar-refractivity contribution in [2.75, 3.05) is 31.1 Å². The van der Waals surface area contributed by atoms with E-state index in [1.807, 2.05) is 0 Å². The Morgan fingerprint density at radius 1 is 0.781 bits per heavy atom. The van der Waals surface area contributed by atoms with E-state index in [1.165, 1.54) is 11.0 Å². The molecule has 32 heavy (non-hydrogen) atoms. The largest absolute Gasteiger partial charge is 0.451 e. The van der Waals surface area contributed by atoms with Crippen LogP contribution in [0.1, 0.15) is 10.6 Å². The summed E-state index contributed by atoms with van der Waals surface area (Å²) in [5.41, 5.74) is -0.400. The number of nitrogens with zero attached hydrogens (tertiary/aromatic N) is 2. The van der Waals surface area contributed by atoms with Gasteiger partial charge in [-0.15, -0.1) is 0 Å². The molecule has 1 amide bonds. The minimum absolute atomic E-state index is 0.0128. The van der Waals surface area contributed by atoms with Crippen LogP contribution in [0, 0.1) is 29.1 Å². The lowest BCUT2D eigenvalue weighted by Crippen LogP contribution is -2.49. The molecule has 0 N–H and O–H groups in total. The molecule has 3 aromatic rings. The van der Waals surface area contributed by atoms with E-state index in [9.17, 15) is 26.7 Å².